The number of hydrogen-bond donors (Lipinski definition) is 0. The number of para-hydroxylation sites is 1. The Labute approximate surface area is 342 Å². The summed E-state index contributed by atoms with van der Waals surface area (Å²) in [6, 6.07) is 54.4. The molecule has 0 radical (unpaired) electrons. The van der Waals surface area contributed by atoms with Crippen LogP contribution in [0.15, 0.2) is 150 Å². The Balaban J connectivity index is 1.24. The van der Waals surface area contributed by atoms with Crippen molar-refractivity contribution in [2.75, 3.05) is 9.71 Å². The predicted molar refractivity (Wildman–Crippen MR) is 245 cm³/mol. The third kappa shape index (κ3) is 4.46. The van der Waals surface area contributed by atoms with Crippen molar-refractivity contribution in [3.63, 3.8) is 0 Å². The molecule has 3 aliphatic heterocycles. The third-order valence-electron chi connectivity index (χ3n) is 14.7. The van der Waals surface area contributed by atoms with Gasteiger partial charge in [0.05, 0.1) is 16.6 Å². The van der Waals surface area contributed by atoms with Crippen LogP contribution < -0.4 is 20.6 Å². The Morgan fingerprint density at radius 2 is 1.26 bits per heavy atom. The second-order valence-corrected chi connectivity index (χ2v) is 18.8. The third-order valence-corrected chi connectivity index (χ3v) is 14.7. The molecule has 1 saturated carbocycles. The second kappa shape index (κ2) is 11.8. The van der Waals surface area contributed by atoms with E-state index in [2.05, 4.69) is 190 Å². The molecule has 4 aliphatic rings. The van der Waals surface area contributed by atoms with E-state index < -0.39 is 0 Å². The van der Waals surface area contributed by atoms with Crippen LogP contribution >= 0.6 is 0 Å². The number of anilines is 4. The lowest BCUT2D eigenvalue weighted by atomic mass is 9.43. The van der Waals surface area contributed by atoms with Crippen LogP contribution in [0.4, 0.5) is 22.7 Å². The monoisotopic (exact) mass is 750 g/mol. The van der Waals surface area contributed by atoms with Crippen molar-refractivity contribution in [3.8, 4) is 33.4 Å². The van der Waals surface area contributed by atoms with E-state index in [0.717, 1.165) is 17.6 Å². The molecule has 0 amide bonds. The van der Waals surface area contributed by atoms with Crippen LogP contribution in [-0.4, -0.2) is 12.4 Å². The topological polar surface area (TPSA) is 19.6 Å². The van der Waals surface area contributed by atoms with Crippen LogP contribution in [0.5, 0.6) is 0 Å². The lowest BCUT2D eigenvalue weighted by molar-refractivity contribution is 0.195. The first-order valence-corrected chi connectivity index (χ1v) is 21.3. The average Bonchev–Trinajstić information content (AvgIpc) is 3.72. The van der Waals surface area contributed by atoms with Crippen LogP contribution in [0.2, 0.25) is 0 Å². The minimum atomic E-state index is -0.113. The summed E-state index contributed by atoms with van der Waals surface area (Å²) < 4.78 is 6.93. The van der Waals surface area contributed by atoms with Gasteiger partial charge in [0.15, 0.2) is 0 Å². The van der Waals surface area contributed by atoms with Gasteiger partial charge in [0.25, 0.3) is 0 Å². The Morgan fingerprint density at radius 1 is 0.603 bits per heavy atom. The van der Waals surface area contributed by atoms with E-state index in [1.807, 2.05) is 0 Å². The van der Waals surface area contributed by atoms with Gasteiger partial charge in [0, 0.05) is 33.4 Å². The number of benzene rings is 7. The number of furan rings is 1. The van der Waals surface area contributed by atoms with Gasteiger partial charge in [0.1, 0.15) is 11.2 Å². The predicted octanol–water partition coefficient (Wildman–Crippen LogP) is 13.2. The Bertz CT molecular complexity index is 2980. The fraction of sp³-hybridized carbons (Fsp3) is 0.222. The molecule has 4 heteroatoms. The Morgan fingerprint density at radius 3 is 2.00 bits per heavy atom. The molecule has 0 saturated heterocycles. The fourth-order valence-corrected chi connectivity index (χ4v) is 11.5. The quantitative estimate of drug-likeness (QED) is 0.168. The summed E-state index contributed by atoms with van der Waals surface area (Å²) in [5, 5.41) is 2.44. The van der Waals surface area contributed by atoms with Gasteiger partial charge < -0.3 is 14.1 Å². The highest BCUT2D eigenvalue weighted by atomic mass is 16.3. The summed E-state index contributed by atoms with van der Waals surface area (Å²) in [7, 11) is 0. The molecule has 12 rings (SSSR count). The van der Waals surface area contributed by atoms with E-state index in [9.17, 15) is 0 Å². The zero-order chi connectivity index (χ0) is 39.1. The molecular formula is C54H47BN2O. The fourth-order valence-electron chi connectivity index (χ4n) is 11.5. The number of fused-ring (bicyclic) bond motifs is 11. The molecular weight excluding hydrogens is 703 g/mol. The van der Waals surface area contributed by atoms with Gasteiger partial charge in [-0.3, -0.25) is 0 Å². The van der Waals surface area contributed by atoms with Gasteiger partial charge in [0.2, 0.25) is 0 Å². The Hall–Kier alpha value is -6.00. The summed E-state index contributed by atoms with van der Waals surface area (Å²) in [6.07, 6.45) is 4.81. The lowest BCUT2D eigenvalue weighted by Gasteiger charge is -2.53. The molecule has 0 spiro atoms. The largest absolute Gasteiger partial charge is 0.456 e. The molecule has 8 aromatic rings. The molecule has 282 valence electrons. The highest BCUT2D eigenvalue weighted by Crippen LogP contribution is 2.64. The first kappa shape index (κ1) is 34.1. The SMILES string of the molecule is CC(C)(C)c1cc2c3c(c1)C1(C)CCCCC1(C)N3c1c3c(cc4oc5ccccc5c14)-c1cc(-c4ccccc4)ccc1N(c1ccc(-c4ccccc4)cc1)B23. The summed E-state index contributed by atoms with van der Waals surface area (Å²) >= 11 is 0. The highest BCUT2D eigenvalue weighted by molar-refractivity contribution is 6.94. The first-order chi connectivity index (χ1) is 28.1. The van der Waals surface area contributed by atoms with Crippen molar-refractivity contribution in [1.29, 1.82) is 0 Å². The van der Waals surface area contributed by atoms with Crippen LogP contribution in [-0.2, 0) is 10.8 Å². The molecule has 58 heavy (non-hydrogen) atoms. The van der Waals surface area contributed by atoms with Crippen LogP contribution in [0.25, 0.3) is 55.3 Å². The van der Waals surface area contributed by atoms with E-state index in [1.54, 1.807) is 0 Å². The van der Waals surface area contributed by atoms with Gasteiger partial charge in [-0.1, -0.05) is 150 Å². The average molecular weight is 751 g/mol. The minimum Gasteiger partial charge on any atom is -0.456 e. The minimum absolute atomic E-state index is 0.0197. The van der Waals surface area contributed by atoms with Gasteiger partial charge in [-0.2, -0.15) is 0 Å². The molecule has 2 atom stereocenters. The van der Waals surface area contributed by atoms with Crippen molar-refractivity contribution in [2.24, 2.45) is 0 Å². The molecule has 0 bridgehead atoms. The summed E-state index contributed by atoms with van der Waals surface area (Å²) in [5.41, 5.74) is 20.1. The zero-order valence-electron chi connectivity index (χ0n) is 34.1. The molecule has 1 aliphatic carbocycles. The molecule has 7 aromatic carbocycles. The standard InChI is InChI=1S/C54H47BN2O/c1-52(2,3)38-31-43-50-44(32-38)55-49-42(33-47-48(40-20-12-13-21-46(40)58-47)51(49)56(50)54(5)29-15-14-28-53(43,54)4)41-30-37(35-18-10-7-11-19-35)24-27-45(41)57(55)39-25-22-36(23-26-39)34-16-8-6-9-17-34/h6-13,16-27,30-33H,14-15,28-29H2,1-5H3. The Kier molecular flexibility index (Phi) is 6.93. The van der Waals surface area contributed by atoms with Gasteiger partial charge in [-0.25, -0.2) is 0 Å². The van der Waals surface area contributed by atoms with Crippen molar-refractivity contribution in [1.82, 2.24) is 0 Å². The highest BCUT2D eigenvalue weighted by Gasteiger charge is 2.62. The van der Waals surface area contributed by atoms with E-state index >= 15 is 0 Å². The summed E-state index contributed by atoms with van der Waals surface area (Å²) in [4.78, 5) is 5.55. The van der Waals surface area contributed by atoms with Crippen LogP contribution in [0.3, 0.4) is 0 Å². The second-order valence-electron chi connectivity index (χ2n) is 18.8. The summed E-state index contributed by atoms with van der Waals surface area (Å²) in [6.45, 7) is 12.3. The number of nitrogens with zero attached hydrogens (tertiary/aromatic N) is 2. The smallest absolute Gasteiger partial charge is 0.333 e. The van der Waals surface area contributed by atoms with E-state index in [1.165, 1.54) is 108 Å². The van der Waals surface area contributed by atoms with Crippen molar-refractivity contribution in [2.45, 2.75) is 76.7 Å². The van der Waals surface area contributed by atoms with Gasteiger partial charge >= 0.3 is 6.85 Å². The maximum absolute atomic E-state index is 6.93. The number of hydrogen-bond acceptors (Lipinski definition) is 3. The van der Waals surface area contributed by atoms with E-state index in [4.69, 9.17) is 4.42 Å². The normalized spacial score (nSPS) is 20.3. The van der Waals surface area contributed by atoms with Gasteiger partial charge in [-0.05, 0) is 111 Å². The molecule has 0 N–H and O–H groups in total. The number of rotatable bonds is 3. The van der Waals surface area contributed by atoms with Crippen molar-refractivity contribution < 1.29 is 4.42 Å². The van der Waals surface area contributed by atoms with Gasteiger partial charge in [-0.15, -0.1) is 0 Å². The van der Waals surface area contributed by atoms with Crippen LogP contribution in [0, 0.1) is 0 Å². The first-order valence-electron chi connectivity index (χ1n) is 21.3. The maximum atomic E-state index is 6.93. The van der Waals surface area contributed by atoms with Crippen LogP contribution in [0.1, 0.15) is 71.4 Å². The lowest BCUT2D eigenvalue weighted by Crippen LogP contribution is -2.64. The summed E-state index contributed by atoms with van der Waals surface area (Å²) in [5.74, 6) is 0. The van der Waals surface area contributed by atoms with Crippen molar-refractivity contribution in [3.05, 3.63) is 157 Å². The maximum Gasteiger partial charge on any atom is 0.333 e. The molecule has 3 nitrogen and oxygen atoms in total. The molecule has 1 aromatic heterocycles. The molecule has 1 fully saturated rings. The van der Waals surface area contributed by atoms with E-state index in [-0.39, 0.29) is 23.2 Å². The zero-order valence-corrected chi connectivity index (χ0v) is 34.1. The molecule has 2 unspecified atom stereocenters. The molecule has 4 heterocycles. The van der Waals surface area contributed by atoms with E-state index in [0.29, 0.717) is 0 Å². The van der Waals surface area contributed by atoms with Crippen molar-refractivity contribution >= 4 is 62.5 Å².